The molecule has 0 amide bonds. The molecule has 1 heterocycles. The fraction of sp³-hybridized carbons (Fsp3) is 0.900. The zero-order chi connectivity index (χ0) is 13.1. The van der Waals surface area contributed by atoms with E-state index in [0.29, 0.717) is 32.5 Å². The third kappa shape index (κ3) is 3.17. The molecule has 1 atom stereocenters. The molecular weight excluding hydrogens is 244 g/mol. The van der Waals surface area contributed by atoms with Gasteiger partial charge in [0, 0.05) is 26.2 Å². The number of carbonyl (C=O) groups is 1. The Balaban J connectivity index is 2.81. The van der Waals surface area contributed by atoms with Gasteiger partial charge in [-0.15, -0.1) is 0 Å². The number of carboxylic acids is 1. The predicted molar refractivity (Wildman–Crippen MR) is 63.8 cm³/mol. The first-order valence-corrected chi connectivity index (χ1v) is 7.31. The van der Waals surface area contributed by atoms with E-state index in [9.17, 15) is 13.2 Å². The van der Waals surface area contributed by atoms with Crippen molar-refractivity contribution in [3.63, 3.8) is 0 Å². The molecule has 1 N–H and O–H groups in total. The van der Waals surface area contributed by atoms with E-state index in [1.54, 1.807) is 13.8 Å². The lowest BCUT2D eigenvalue weighted by atomic mass is 10.0. The van der Waals surface area contributed by atoms with Gasteiger partial charge in [-0.05, 0) is 12.8 Å². The van der Waals surface area contributed by atoms with Gasteiger partial charge in [0.25, 0.3) is 10.2 Å². The summed E-state index contributed by atoms with van der Waals surface area (Å²) < 4.78 is 27.0. The summed E-state index contributed by atoms with van der Waals surface area (Å²) in [5, 5.41) is 8.94. The smallest absolute Gasteiger partial charge is 0.307 e. The maximum atomic E-state index is 12.2. The third-order valence-electron chi connectivity index (χ3n) is 3.09. The molecule has 1 fully saturated rings. The van der Waals surface area contributed by atoms with Crippen LogP contribution >= 0.6 is 0 Å². The average molecular weight is 264 g/mol. The van der Waals surface area contributed by atoms with Crippen molar-refractivity contribution < 1.29 is 18.3 Å². The second kappa shape index (κ2) is 5.79. The molecule has 0 radical (unpaired) electrons. The van der Waals surface area contributed by atoms with Crippen molar-refractivity contribution in [1.82, 2.24) is 8.61 Å². The second-order valence-corrected chi connectivity index (χ2v) is 6.06. The summed E-state index contributed by atoms with van der Waals surface area (Å²) in [4.78, 5) is 10.9. The number of rotatable bonds is 5. The summed E-state index contributed by atoms with van der Waals surface area (Å²) in [7, 11) is -3.49. The highest BCUT2D eigenvalue weighted by molar-refractivity contribution is 7.86. The molecule has 17 heavy (non-hydrogen) atoms. The molecule has 1 aliphatic rings. The Bertz CT molecular complexity index is 365. The lowest BCUT2D eigenvalue weighted by Gasteiger charge is -2.33. The van der Waals surface area contributed by atoms with Crippen LogP contribution in [0.3, 0.4) is 0 Å². The summed E-state index contributed by atoms with van der Waals surface area (Å²) in [6.07, 6.45) is 1.16. The van der Waals surface area contributed by atoms with Crippen LogP contribution in [0.25, 0.3) is 0 Å². The van der Waals surface area contributed by atoms with Crippen LogP contribution in [0.1, 0.15) is 26.7 Å². The molecule has 0 unspecified atom stereocenters. The van der Waals surface area contributed by atoms with Crippen molar-refractivity contribution in [2.75, 3.05) is 26.2 Å². The number of hydrogen-bond acceptors (Lipinski definition) is 3. The monoisotopic (exact) mass is 264 g/mol. The highest BCUT2D eigenvalue weighted by Crippen LogP contribution is 2.21. The first-order valence-electron chi connectivity index (χ1n) is 5.91. The maximum absolute atomic E-state index is 12.2. The lowest BCUT2D eigenvalue weighted by Crippen LogP contribution is -2.49. The zero-order valence-electron chi connectivity index (χ0n) is 10.3. The van der Waals surface area contributed by atoms with Gasteiger partial charge in [0.1, 0.15) is 0 Å². The van der Waals surface area contributed by atoms with Crippen LogP contribution in [0, 0.1) is 5.92 Å². The Hall–Kier alpha value is -0.660. The molecule has 1 rings (SSSR count). The van der Waals surface area contributed by atoms with E-state index in [2.05, 4.69) is 0 Å². The SMILES string of the molecule is CCN(CC)S(=O)(=O)N1CCC[C@H](C(=O)O)C1. The van der Waals surface area contributed by atoms with Crippen LogP contribution in [-0.4, -0.2) is 54.3 Å². The van der Waals surface area contributed by atoms with Gasteiger partial charge >= 0.3 is 5.97 Å². The van der Waals surface area contributed by atoms with Gasteiger partial charge in [0.05, 0.1) is 5.92 Å². The van der Waals surface area contributed by atoms with Crippen LogP contribution in [0.2, 0.25) is 0 Å². The van der Waals surface area contributed by atoms with Crippen molar-refractivity contribution in [2.45, 2.75) is 26.7 Å². The summed E-state index contributed by atoms with van der Waals surface area (Å²) >= 11 is 0. The average Bonchev–Trinajstić information content (AvgIpc) is 2.30. The maximum Gasteiger partial charge on any atom is 0.307 e. The standard InChI is InChI=1S/C10H20N2O4S/c1-3-11(4-2)17(15,16)12-7-5-6-9(8-12)10(13)14/h9H,3-8H2,1-2H3,(H,13,14)/t9-/m0/s1. The van der Waals surface area contributed by atoms with Gasteiger partial charge in [-0.25, -0.2) is 0 Å². The van der Waals surface area contributed by atoms with Crippen LogP contribution in [-0.2, 0) is 15.0 Å². The fourth-order valence-corrected chi connectivity index (χ4v) is 3.77. The van der Waals surface area contributed by atoms with Crippen molar-refractivity contribution >= 4 is 16.2 Å². The van der Waals surface area contributed by atoms with Gasteiger partial charge in [-0.2, -0.15) is 17.0 Å². The van der Waals surface area contributed by atoms with Crippen molar-refractivity contribution in [3.8, 4) is 0 Å². The predicted octanol–water partition coefficient (Wildman–Crippen LogP) is 0.370. The van der Waals surface area contributed by atoms with Crippen molar-refractivity contribution in [1.29, 1.82) is 0 Å². The summed E-state index contributed by atoms with van der Waals surface area (Å²) in [6.45, 7) is 4.89. The molecule has 6 nitrogen and oxygen atoms in total. The van der Waals surface area contributed by atoms with E-state index in [0.717, 1.165) is 0 Å². The van der Waals surface area contributed by atoms with E-state index in [4.69, 9.17) is 5.11 Å². The van der Waals surface area contributed by atoms with Gasteiger partial charge in [0.15, 0.2) is 0 Å². The van der Waals surface area contributed by atoms with E-state index >= 15 is 0 Å². The number of piperidine rings is 1. The minimum atomic E-state index is -3.49. The summed E-state index contributed by atoms with van der Waals surface area (Å²) in [6, 6.07) is 0. The van der Waals surface area contributed by atoms with Crippen LogP contribution in [0.15, 0.2) is 0 Å². The highest BCUT2D eigenvalue weighted by atomic mass is 32.2. The molecule has 0 saturated carbocycles. The topological polar surface area (TPSA) is 77.9 Å². The van der Waals surface area contributed by atoms with E-state index in [1.165, 1.54) is 8.61 Å². The van der Waals surface area contributed by atoms with E-state index in [1.807, 2.05) is 0 Å². The first-order chi connectivity index (χ1) is 7.93. The Morgan fingerprint density at radius 3 is 2.47 bits per heavy atom. The molecule has 0 aromatic rings. The minimum Gasteiger partial charge on any atom is -0.481 e. The minimum absolute atomic E-state index is 0.0914. The molecule has 1 aliphatic heterocycles. The Labute approximate surface area is 102 Å². The van der Waals surface area contributed by atoms with Gasteiger partial charge in [0.2, 0.25) is 0 Å². The summed E-state index contributed by atoms with van der Waals surface area (Å²) in [5.74, 6) is -1.49. The molecule has 0 aromatic carbocycles. The number of hydrogen-bond donors (Lipinski definition) is 1. The number of carboxylic acid groups (broad SMARTS) is 1. The van der Waals surface area contributed by atoms with E-state index < -0.39 is 22.1 Å². The Kier molecular flexibility index (Phi) is 4.91. The van der Waals surface area contributed by atoms with E-state index in [-0.39, 0.29) is 6.54 Å². The van der Waals surface area contributed by atoms with Crippen LogP contribution in [0.4, 0.5) is 0 Å². The molecular formula is C10H20N2O4S. The molecule has 7 heteroatoms. The second-order valence-electron chi connectivity index (χ2n) is 4.13. The largest absolute Gasteiger partial charge is 0.481 e. The van der Waals surface area contributed by atoms with Crippen LogP contribution < -0.4 is 0 Å². The normalized spacial score (nSPS) is 22.9. The quantitative estimate of drug-likeness (QED) is 0.778. The Morgan fingerprint density at radius 2 is 2.00 bits per heavy atom. The first kappa shape index (κ1) is 14.4. The van der Waals surface area contributed by atoms with Gasteiger partial charge < -0.3 is 5.11 Å². The Morgan fingerprint density at radius 1 is 1.41 bits per heavy atom. The molecule has 0 bridgehead atoms. The van der Waals surface area contributed by atoms with Crippen molar-refractivity contribution in [2.24, 2.45) is 5.92 Å². The van der Waals surface area contributed by atoms with Gasteiger partial charge in [-0.1, -0.05) is 13.8 Å². The molecule has 0 aromatic heterocycles. The fourth-order valence-electron chi connectivity index (χ4n) is 2.07. The lowest BCUT2D eigenvalue weighted by molar-refractivity contribution is -0.142. The molecule has 1 saturated heterocycles. The summed E-state index contributed by atoms with van der Waals surface area (Å²) in [5.41, 5.74) is 0. The van der Waals surface area contributed by atoms with Gasteiger partial charge in [-0.3, -0.25) is 4.79 Å². The number of nitrogens with zero attached hydrogens (tertiary/aromatic N) is 2. The zero-order valence-corrected chi connectivity index (χ0v) is 11.1. The highest BCUT2D eigenvalue weighted by Gasteiger charge is 2.34. The van der Waals surface area contributed by atoms with Crippen molar-refractivity contribution in [3.05, 3.63) is 0 Å². The molecule has 0 aliphatic carbocycles. The molecule has 100 valence electrons. The number of aliphatic carboxylic acids is 1. The molecule has 0 spiro atoms. The van der Waals surface area contributed by atoms with Crippen LogP contribution in [0.5, 0.6) is 0 Å². The third-order valence-corrected chi connectivity index (χ3v) is 5.24.